The second-order valence-corrected chi connectivity index (χ2v) is 2.97. The highest BCUT2D eigenvalue weighted by atomic mass is 16.5. The minimum absolute atomic E-state index is 0.0815. The number of aliphatic hydroxyl groups is 1. The summed E-state index contributed by atoms with van der Waals surface area (Å²) in [6.07, 6.45) is 0. The zero-order chi connectivity index (χ0) is 9.73. The number of hydrogen-bond acceptors (Lipinski definition) is 4. The highest BCUT2D eigenvalue weighted by molar-refractivity contribution is 5.13. The maximum Gasteiger partial charge on any atom is 0.191 e. The maximum absolute atomic E-state index is 8.93. The average molecular weight is 182 g/mol. The van der Waals surface area contributed by atoms with Crippen molar-refractivity contribution in [3.8, 4) is 0 Å². The fourth-order valence-electron chi connectivity index (χ4n) is 0.907. The van der Waals surface area contributed by atoms with E-state index in [0.29, 0.717) is 6.61 Å². The molecular formula is C9H14N2O2. The fraction of sp³-hybridized carbons (Fsp3) is 0.333. The summed E-state index contributed by atoms with van der Waals surface area (Å²) < 4.78 is 5.08. The summed E-state index contributed by atoms with van der Waals surface area (Å²) in [6.45, 7) is 0.319. The lowest BCUT2D eigenvalue weighted by molar-refractivity contribution is -0.0434. The smallest absolute Gasteiger partial charge is 0.191 e. The van der Waals surface area contributed by atoms with Gasteiger partial charge in [0.2, 0.25) is 0 Å². The molecule has 0 spiro atoms. The van der Waals surface area contributed by atoms with Gasteiger partial charge in [0.25, 0.3) is 0 Å². The normalized spacial score (nSPS) is 11.6. The Morgan fingerprint density at radius 2 is 1.85 bits per heavy atom. The van der Waals surface area contributed by atoms with Crippen LogP contribution in [0.15, 0.2) is 30.3 Å². The standard InChI is InChI=1S/C9H14N2O2/c10-9(11,12)7-13-6-8-4-2-1-3-5-8/h1-5,12H,6-7,10-11H2. The molecule has 5 N–H and O–H groups in total. The zero-order valence-corrected chi connectivity index (χ0v) is 7.31. The molecular weight excluding hydrogens is 168 g/mol. The van der Waals surface area contributed by atoms with Crippen molar-refractivity contribution in [3.63, 3.8) is 0 Å². The maximum atomic E-state index is 8.93. The molecule has 0 saturated carbocycles. The van der Waals surface area contributed by atoms with Crippen molar-refractivity contribution in [2.75, 3.05) is 6.61 Å². The Kier molecular flexibility index (Phi) is 3.39. The third-order valence-electron chi connectivity index (χ3n) is 1.44. The Morgan fingerprint density at radius 3 is 2.38 bits per heavy atom. The van der Waals surface area contributed by atoms with E-state index >= 15 is 0 Å². The first-order valence-electron chi connectivity index (χ1n) is 4.00. The summed E-state index contributed by atoms with van der Waals surface area (Å²) in [5, 5.41) is 8.93. The third kappa shape index (κ3) is 4.59. The van der Waals surface area contributed by atoms with Gasteiger partial charge in [-0.25, -0.2) is 0 Å². The second-order valence-electron chi connectivity index (χ2n) is 2.97. The Balaban J connectivity index is 2.29. The van der Waals surface area contributed by atoms with Gasteiger partial charge in [0.05, 0.1) is 6.61 Å². The molecule has 4 heteroatoms. The van der Waals surface area contributed by atoms with E-state index in [1.54, 1.807) is 0 Å². The molecule has 0 aliphatic rings. The topological polar surface area (TPSA) is 81.5 Å². The highest BCUT2D eigenvalue weighted by Crippen LogP contribution is 2.00. The van der Waals surface area contributed by atoms with Crippen LogP contribution in [0.1, 0.15) is 5.56 Å². The summed E-state index contributed by atoms with van der Waals surface area (Å²) in [5.74, 6) is -1.74. The van der Waals surface area contributed by atoms with Gasteiger partial charge in [0.1, 0.15) is 6.61 Å². The molecule has 1 aromatic rings. The molecule has 72 valence electrons. The molecule has 1 rings (SSSR count). The number of hydrogen-bond donors (Lipinski definition) is 3. The number of benzene rings is 1. The average Bonchev–Trinajstić information content (AvgIpc) is 2.04. The van der Waals surface area contributed by atoms with Gasteiger partial charge >= 0.3 is 0 Å². The Bertz CT molecular complexity index is 244. The van der Waals surface area contributed by atoms with Crippen molar-refractivity contribution in [2.24, 2.45) is 11.5 Å². The fourth-order valence-corrected chi connectivity index (χ4v) is 0.907. The van der Waals surface area contributed by atoms with Crippen LogP contribution < -0.4 is 11.5 Å². The summed E-state index contributed by atoms with van der Waals surface area (Å²) >= 11 is 0. The zero-order valence-electron chi connectivity index (χ0n) is 7.31. The third-order valence-corrected chi connectivity index (χ3v) is 1.44. The van der Waals surface area contributed by atoms with Crippen molar-refractivity contribution >= 4 is 0 Å². The number of ether oxygens (including phenoxy) is 1. The minimum Gasteiger partial charge on any atom is -0.371 e. The van der Waals surface area contributed by atoms with E-state index in [9.17, 15) is 0 Å². The van der Waals surface area contributed by atoms with Crippen LogP contribution in [0.4, 0.5) is 0 Å². The molecule has 0 heterocycles. The van der Waals surface area contributed by atoms with E-state index in [-0.39, 0.29) is 6.61 Å². The molecule has 4 nitrogen and oxygen atoms in total. The molecule has 0 aliphatic carbocycles. The van der Waals surface area contributed by atoms with Crippen LogP contribution in [0, 0.1) is 0 Å². The first-order valence-corrected chi connectivity index (χ1v) is 4.00. The van der Waals surface area contributed by atoms with Crippen LogP contribution in [0.25, 0.3) is 0 Å². The largest absolute Gasteiger partial charge is 0.371 e. The van der Waals surface area contributed by atoms with Gasteiger partial charge in [-0.2, -0.15) is 0 Å². The van der Waals surface area contributed by atoms with E-state index in [1.165, 1.54) is 0 Å². The van der Waals surface area contributed by atoms with E-state index < -0.39 is 5.85 Å². The van der Waals surface area contributed by atoms with Crippen LogP contribution in [-0.2, 0) is 11.3 Å². The van der Waals surface area contributed by atoms with Gasteiger partial charge in [0.15, 0.2) is 5.85 Å². The molecule has 0 aliphatic heterocycles. The summed E-state index contributed by atoms with van der Waals surface area (Å²) in [6, 6.07) is 9.59. The Morgan fingerprint density at radius 1 is 1.23 bits per heavy atom. The van der Waals surface area contributed by atoms with Gasteiger partial charge in [-0.05, 0) is 5.56 Å². The molecule has 13 heavy (non-hydrogen) atoms. The summed E-state index contributed by atoms with van der Waals surface area (Å²) in [4.78, 5) is 0. The predicted molar refractivity (Wildman–Crippen MR) is 49.4 cm³/mol. The SMILES string of the molecule is NC(N)(O)COCc1ccccc1. The molecule has 0 saturated heterocycles. The first-order chi connectivity index (χ1) is 6.08. The minimum atomic E-state index is -1.74. The van der Waals surface area contributed by atoms with Crippen molar-refractivity contribution in [1.82, 2.24) is 0 Å². The summed E-state index contributed by atoms with van der Waals surface area (Å²) in [5.41, 5.74) is 11.2. The quantitative estimate of drug-likeness (QED) is 0.562. The van der Waals surface area contributed by atoms with E-state index in [1.807, 2.05) is 30.3 Å². The molecule has 0 atom stereocenters. The lowest BCUT2D eigenvalue weighted by Gasteiger charge is -2.16. The molecule has 0 radical (unpaired) electrons. The van der Waals surface area contributed by atoms with Crippen LogP contribution in [0.3, 0.4) is 0 Å². The van der Waals surface area contributed by atoms with Gasteiger partial charge in [-0.1, -0.05) is 30.3 Å². The molecule has 0 fully saturated rings. The van der Waals surface area contributed by atoms with Crippen LogP contribution in [-0.4, -0.2) is 17.6 Å². The first kappa shape index (κ1) is 10.1. The second kappa shape index (κ2) is 4.34. The molecule has 0 amide bonds. The van der Waals surface area contributed by atoms with Crippen molar-refractivity contribution in [1.29, 1.82) is 0 Å². The van der Waals surface area contributed by atoms with Crippen molar-refractivity contribution < 1.29 is 9.84 Å². The number of nitrogens with two attached hydrogens (primary N) is 2. The number of rotatable bonds is 4. The Hall–Kier alpha value is -0.940. The van der Waals surface area contributed by atoms with Crippen LogP contribution in [0.2, 0.25) is 0 Å². The van der Waals surface area contributed by atoms with Crippen molar-refractivity contribution in [3.05, 3.63) is 35.9 Å². The molecule has 0 bridgehead atoms. The molecule has 1 aromatic carbocycles. The molecule has 0 aromatic heterocycles. The van der Waals surface area contributed by atoms with Crippen LogP contribution in [0.5, 0.6) is 0 Å². The molecule has 0 unspecified atom stereocenters. The summed E-state index contributed by atoms with van der Waals surface area (Å²) in [7, 11) is 0. The van der Waals surface area contributed by atoms with Crippen LogP contribution >= 0.6 is 0 Å². The van der Waals surface area contributed by atoms with Crippen molar-refractivity contribution in [2.45, 2.75) is 12.5 Å². The van der Waals surface area contributed by atoms with Gasteiger partial charge in [-0.15, -0.1) is 0 Å². The van der Waals surface area contributed by atoms with Gasteiger partial charge in [0, 0.05) is 0 Å². The van der Waals surface area contributed by atoms with Gasteiger partial charge in [-0.3, -0.25) is 11.5 Å². The highest BCUT2D eigenvalue weighted by Gasteiger charge is 2.12. The van der Waals surface area contributed by atoms with E-state index in [0.717, 1.165) is 5.56 Å². The van der Waals surface area contributed by atoms with Gasteiger partial charge < -0.3 is 9.84 Å². The monoisotopic (exact) mass is 182 g/mol. The Labute approximate surface area is 77.1 Å². The lowest BCUT2D eigenvalue weighted by Crippen LogP contribution is -2.53. The predicted octanol–water partition coefficient (Wildman–Crippen LogP) is -0.233. The van der Waals surface area contributed by atoms with E-state index in [2.05, 4.69) is 0 Å². The lowest BCUT2D eigenvalue weighted by atomic mass is 10.2. The van der Waals surface area contributed by atoms with E-state index in [4.69, 9.17) is 21.3 Å².